The van der Waals surface area contributed by atoms with Crippen molar-refractivity contribution in [2.24, 2.45) is 0 Å². The molecule has 0 radical (unpaired) electrons. The molecule has 4 heteroatoms. The molecule has 14 aromatic carbocycles. The second kappa shape index (κ2) is 19.1. The van der Waals surface area contributed by atoms with Crippen LogP contribution in [-0.4, -0.2) is 4.57 Å². The van der Waals surface area contributed by atoms with E-state index in [1.165, 1.54) is 61.2 Å². The van der Waals surface area contributed by atoms with Crippen LogP contribution in [0.4, 0.5) is 17.1 Å². The van der Waals surface area contributed by atoms with Crippen LogP contribution in [0, 0.1) is 0 Å². The molecule has 0 saturated heterocycles. The molecule has 4 nitrogen and oxygen atoms in total. The topological polar surface area (TPSA) is 34.5 Å². The van der Waals surface area contributed by atoms with Crippen molar-refractivity contribution >= 4 is 82.7 Å². The molecule has 0 atom stereocenters. The Labute approximate surface area is 513 Å². The molecule has 0 unspecified atom stereocenters. The van der Waals surface area contributed by atoms with Crippen molar-refractivity contribution in [3.8, 4) is 72.4 Å². The third-order valence-electron chi connectivity index (χ3n) is 19.2. The van der Waals surface area contributed by atoms with Crippen LogP contribution < -0.4 is 4.90 Å². The van der Waals surface area contributed by atoms with Crippen LogP contribution in [0.15, 0.2) is 324 Å². The maximum absolute atomic E-state index is 6.66. The number of para-hydroxylation sites is 2. The summed E-state index contributed by atoms with van der Waals surface area (Å²) in [6.45, 7) is 0. The predicted octanol–water partition coefficient (Wildman–Crippen LogP) is 23.1. The highest BCUT2D eigenvalue weighted by Gasteiger charge is 2.52. The van der Waals surface area contributed by atoms with E-state index in [4.69, 9.17) is 8.83 Å². The van der Waals surface area contributed by atoms with Crippen molar-refractivity contribution in [3.05, 3.63) is 338 Å². The van der Waals surface area contributed by atoms with E-state index in [-0.39, 0.29) is 0 Å². The molecule has 3 heterocycles. The normalized spacial score (nSPS) is 12.8. The number of rotatable bonds is 8. The van der Waals surface area contributed by atoms with E-state index in [0.29, 0.717) is 0 Å². The first-order valence-electron chi connectivity index (χ1n) is 30.6. The molecule has 0 N–H and O–H groups in total. The zero-order chi connectivity index (χ0) is 58.3. The zero-order valence-corrected chi connectivity index (χ0v) is 48.2. The van der Waals surface area contributed by atoms with Gasteiger partial charge >= 0.3 is 0 Å². The van der Waals surface area contributed by atoms with Crippen molar-refractivity contribution in [3.63, 3.8) is 0 Å². The van der Waals surface area contributed by atoms with Gasteiger partial charge in [0.25, 0.3) is 0 Å². The number of hydrogen-bond donors (Lipinski definition) is 0. The van der Waals surface area contributed by atoms with Crippen molar-refractivity contribution in [2.75, 3.05) is 4.90 Å². The summed E-state index contributed by atoms with van der Waals surface area (Å²) in [6.07, 6.45) is 0. The summed E-state index contributed by atoms with van der Waals surface area (Å²) >= 11 is 0. The van der Waals surface area contributed by atoms with E-state index in [0.717, 1.165) is 116 Å². The Morgan fingerprint density at radius 1 is 0.258 bits per heavy atom. The minimum absolute atomic E-state index is 0.427. The third kappa shape index (κ3) is 7.23. The first-order valence-corrected chi connectivity index (χ1v) is 30.6. The van der Waals surface area contributed by atoms with Gasteiger partial charge in [-0.3, -0.25) is 0 Å². The molecule has 0 bridgehead atoms. The highest BCUT2D eigenvalue weighted by atomic mass is 16.3. The lowest BCUT2D eigenvalue weighted by Crippen LogP contribution is -2.25. The average Bonchev–Trinajstić information content (AvgIpc) is 1.52. The Balaban J connectivity index is 0.825. The summed E-state index contributed by atoms with van der Waals surface area (Å²) in [7, 11) is 0. The molecular formula is C85H52N2O2. The fraction of sp³-hybridized carbons (Fsp3) is 0.0118. The highest BCUT2D eigenvalue weighted by Crippen LogP contribution is 2.64. The molecule has 3 aromatic heterocycles. The molecule has 0 aliphatic heterocycles. The van der Waals surface area contributed by atoms with Crippen LogP contribution in [0.5, 0.6) is 0 Å². The van der Waals surface area contributed by atoms with Crippen LogP contribution in [-0.2, 0) is 5.41 Å². The third-order valence-corrected chi connectivity index (χ3v) is 19.2. The number of anilines is 3. The molecule has 19 rings (SSSR count). The van der Waals surface area contributed by atoms with Crippen LogP contribution in [0.1, 0.15) is 22.3 Å². The zero-order valence-electron chi connectivity index (χ0n) is 48.2. The SMILES string of the molecule is c1ccc(-c2ccc(N(c3ccc4c(c3)oc3ccccc34)c3ccc4c5cc(-c6cccc7oc8ccccc8c67)ccc5n(-c5ccc(-c6cccc7c6-c6ccccc6C76c7ccccc7-c7ccccc76)cc5)c4c3)cc2-c2ccccc2)cc1. The lowest BCUT2D eigenvalue weighted by Gasteiger charge is -2.30. The number of furan rings is 2. The molecule has 2 aliphatic rings. The van der Waals surface area contributed by atoms with E-state index >= 15 is 0 Å². The van der Waals surface area contributed by atoms with Gasteiger partial charge in [-0.2, -0.15) is 0 Å². The fourth-order valence-corrected chi connectivity index (χ4v) is 15.5. The van der Waals surface area contributed by atoms with E-state index in [2.05, 4.69) is 313 Å². The summed E-state index contributed by atoms with van der Waals surface area (Å²) in [4.78, 5) is 2.40. The van der Waals surface area contributed by atoms with Gasteiger partial charge in [0.05, 0.1) is 16.4 Å². The Hall–Kier alpha value is -11.7. The standard InChI is InChI=1S/C85H52N2O2/c1-3-19-53(20-4-1)61-45-42-58(50-71(61)54-21-5-2-6-22-54)86(60-44-47-68-67-25-10-15-34-79(67)89-82(68)52-60)59-43-46-66-72-49-56(63-29-18-36-81-84(63)70-27-11-16-35-80(70)88-81)39-48-77(72)87(78(66)51-59)57-40-37-55(38-41-57)62-28-17-33-76-83(62)69-26-9-14-32-75(69)85(76)73-30-12-7-23-64(73)65-24-8-13-31-74(65)85/h1-52H. The van der Waals surface area contributed by atoms with Crippen molar-refractivity contribution < 1.29 is 8.83 Å². The molecule has 0 fully saturated rings. The van der Waals surface area contributed by atoms with Crippen LogP contribution in [0.2, 0.25) is 0 Å². The summed E-state index contributed by atoms with van der Waals surface area (Å²) in [5.74, 6) is 0. The summed E-state index contributed by atoms with van der Waals surface area (Å²) in [5.41, 5.74) is 29.2. The molecule has 89 heavy (non-hydrogen) atoms. The molecule has 414 valence electrons. The lowest BCUT2D eigenvalue weighted by atomic mass is 9.70. The molecule has 17 aromatic rings. The van der Waals surface area contributed by atoms with Gasteiger partial charge in [0.2, 0.25) is 0 Å². The average molecular weight is 1130 g/mol. The van der Waals surface area contributed by atoms with Gasteiger partial charge in [0, 0.05) is 61.1 Å². The second-order valence-electron chi connectivity index (χ2n) is 23.8. The van der Waals surface area contributed by atoms with Gasteiger partial charge in [0.15, 0.2) is 0 Å². The van der Waals surface area contributed by atoms with Gasteiger partial charge < -0.3 is 18.3 Å². The number of nitrogens with zero attached hydrogens (tertiary/aromatic N) is 2. The quantitative estimate of drug-likeness (QED) is 0.152. The largest absolute Gasteiger partial charge is 0.456 e. The smallest absolute Gasteiger partial charge is 0.137 e. The predicted molar refractivity (Wildman–Crippen MR) is 368 cm³/mol. The molecule has 0 saturated carbocycles. The number of aromatic nitrogens is 1. The first kappa shape index (κ1) is 49.5. The molecule has 2 aliphatic carbocycles. The minimum atomic E-state index is -0.427. The minimum Gasteiger partial charge on any atom is -0.456 e. The summed E-state index contributed by atoms with van der Waals surface area (Å²) in [5, 5.41) is 6.72. The summed E-state index contributed by atoms with van der Waals surface area (Å²) in [6, 6.07) is 116. The number of hydrogen-bond acceptors (Lipinski definition) is 3. The van der Waals surface area contributed by atoms with Crippen molar-refractivity contribution in [1.29, 1.82) is 0 Å². The van der Waals surface area contributed by atoms with Gasteiger partial charge in [-0.15, -0.1) is 0 Å². The fourth-order valence-electron chi connectivity index (χ4n) is 15.5. The maximum Gasteiger partial charge on any atom is 0.137 e. The maximum atomic E-state index is 6.66. The lowest BCUT2D eigenvalue weighted by molar-refractivity contribution is 0.668. The Morgan fingerprint density at radius 3 is 1.52 bits per heavy atom. The van der Waals surface area contributed by atoms with Gasteiger partial charge in [-0.05, 0) is 168 Å². The molecular weight excluding hydrogens is 1080 g/mol. The van der Waals surface area contributed by atoms with Crippen molar-refractivity contribution in [2.45, 2.75) is 5.41 Å². The molecule has 0 amide bonds. The van der Waals surface area contributed by atoms with Crippen LogP contribution in [0.3, 0.4) is 0 Å². The van der Waals surface area contributed by atoms with E-state index in [9.17, 15) is 0 Å². The highest BCUT2D eigenvalue weighted by molar-refractivity contribution is 6.16. The molecule has 1 spiro atoms. The van der Waals surface area contributed by atoms with Crippen molar-refractivity contribution in [1.82, 2.24) is 4.57 Å². The van der Waals surface area contributed by atoms with E-state index in [1.54, 1.807) is 0 Å². The number of benzene rings is 14. The van der Waals surface area contributed by atoms with Crippen LogP contribution >= 0.6 is 0 Å². The van der Waals surface area contributed by atoms with E-state index < -0.39 is 5.41 Å². The monoisotopic (exact) mass is 1130 g/mol. The summed E-state index contributed by atoms with van der Waals surface area (Å²) < 4.78 is 15.6. The Kier molecular flexibility index (Phi) is 10.7. The van der Waals surface area contributed by atoms with E-state index in [1.807, 2.05) is 12.1 Å². The van der Waals surface area contributed by atoms with Crippen LogP contribution in [0.25, 0.3) is 138 Å². The second-order valence-corrected chi connectivity index (χ2v) is 23.8. The van der Waals surface area contributed by atoms with Gasteiger partial charge in [0.1, 0.15) is 22.3 Å². The van der Waals surface area contributed by atoms with Gasteiger partial charge in [-0.1, -0.05) is 231 Å². The van der Waals surface area contributed by atoms with Gasteiger partial charge in [-0.25, -0.2) is 0 Å². The Morgan fingerprint density at radius 2 is 0.764 bits per heavy atom. The number of fused-ring (bicyclic) bond motifs is 19. The Bertz CT molecular complexity index is 5700. The first-order chi connectivity index (χ1) is 44.1.